The minimum absolute atomic E-state index is 0.150. The molecule has 0 spiro atoms. The van der Waals surface area contributed by atoms with E-state index >= 15 is 0 Å². The van der Waals surface area contributed by atoms with Gasteiger partial charge in [0.25, 0.3) is 5.56 Å². The summed E-state index contributed by atoms with van der Waals surface area (Å²) in [6, 6.07) is 11.0. The SMILES string of the molecule is Cc1nn(-c2ccccc2)c(C)c1CNC(=O)Cn1cc(C(F)(F)F)ccc1=O. The Labute approximate surface area is 164 Å². The number of amides is 1. The quantitative estimate of drug-likeness (QED) is 0.711. The van der Waals surface area contributed by atoms with Gasteiger partial charge in [0.2, 0.25) is 5.91 Å². The van der Waals surface area contributed by atoms with Crippen molar-refractivity contribution in [1.82, 2.24) is 19.7 Å². The largest absolute Gasteiger partial charge is 0.417 e. The van der Waals surface area contributed by atoms with E-state index in [0.29, 0.717) is 12.3 Å². The van der Waals surface area contributed by atoms with E-state index in [-0.39, 0.29) is 6.54 Å². The number of alkyl halides is 3. The predicted octanol–water partition coefficient (Wildman–Crippen LogP) is 2.99. The lowest BCUT2D eigenvalue weighted by atomic mass is 10.2. The topological polar surface area (TPSA) is 68.9 Å². The standard InChI is InChI=1S/C20H19F3N4O2/c1-13-17(14(2)27(25-13)16-6-4-3-5-7-16)10-24-18(28)12-26-11-15(20(21,22)23)8-9-19(26)29/h3-9,11H,10,12H2,1-2H3,(H,24,28). The maximum Gasteiger partial charge on any atom is 0.417 e. The number of halogens is 3. The Morgan fingerprint density at radius 2 is 1.79 bits per heavy atom. The molecular formula is C20H19F3N4O2. The summed E-state index contributed by atoms with van der Waals surface area (Å²) in [6.07, 6.45) is -3.95. The first-order valence-corrected chi connectivity index (χ1v) is 8.81. The molecule has 0 aliphatic carbocycles. The zero-order valence-corrected chi connectivity index (χ0v) is 15.8. The van der Waals surface area contributed by atoms with Crippen molar-refractivity contribution < 1.29 is 18.0 Å². The first kappa shape index (κ1) is 20.4. The molecule has 9 heteroatoms. The van der Waals surface area contributed by atoms with Crippen LogP contribution in [0.5, 0.6) is 0 Å². The molecule has 0 fully saturated rings. The van der Waals surface area contributed by atoms with Crippen molar-refractivity contribution in [1.29, 1.82) is 0 Å². The highest BCUT2D eigenvalue weighted by atomic mass is 19.4. The summed E-state index contributed by atoms with van der Waals surface area (Å²) in [6.45, 7) is 3.32. The first-order valence-electron chi connectivity index (χ1n) is 8.81. The van der Waals surface area contributed by atoms with Gasteiger partial charge in [-0.3, -0.25) is 9.59 Å². The zero-order chi connectivity index (χ0) is 21.2. The van der Waals surface area contributed by atoms with E-state index in [2.05, 4.69) is 10.4 Å². The Morgan fingerprint density at radius 1 is 1.10 bits per heavy atom. The van der Waals surface area contributed by atoms with E-state index in [1.165, 1.54) is 0 Å². The molecule has 3 rings (SSSR count). The summed E-state index contributed by atoms with van der Waals surface area (Å²) in [5, 5.41) is 7.13. The fourth-order valence-electron chi connectivity index (χ4n) is 2.97. The van der Waals surface area contributed by atoms with Crippen LogP contribution in [-0.4, -0.2) is 20.3 Å². The Kier molecular flexibility index (Phi) is 5.58. The molecule has 0 radical (unpaired) electrons. The van der Waals surface area contributed by atoms with Gasteiger partial charge in [0.15, 0.2) is 0 Å². The van der Waals surface area contributed by atoms with Crippen molar-refractivity contribution in [3.8, 4) is 5.69 Å². The highest BCUT2D eigenvalue weighted by molar-refractivity contribution is 5.75. The zero-order valence-electron chi connectivity index (χ0n) is 15.8. The Bertz CT molecular complexity index is 1090. The molecule has 29 heavy (non-hydrogen) atoms. The third-order valence-corrected chi connectivity index (χ3v) is 4.53. The first-order chi connectivity index (χ1) is 13.7. The molecule has 1 N–H and O–H groups in total. The maximum absolute atomic E-state index is 12.8. The molecule has 3 aromatic rings. The molecule has 0 aliphatic rings. The molecular weight excluding hydrogens is 385 g/mol. The summed E-state index contributed by atoms with van der Waals surface area (Å²) in [5.41, 5.74) is 1.58. The number of nitrogens with one attached hydrogen (secondary N) is 1. The summed E-state index contributed by atoms with van der Waals surface area (Å²) in [4.78, 5) is 24.0. The van der Waals surface area contributed by atoms with Gasteiger partial charge in [-0.15, -0.1) is 0 Å². The second-order valence-corrected chi connectivity index (χ2v) is 6.56. The van der Waals surface area contributed by atoms with Crippen molar-refractivity contribution in [2.45, 2.75) is 33.1 Å². The highest BCUT2D eigenvalue weighted by Gasteiger charge is 2.31. The lowest BCUT2D eigenvalue weighted by Crippen LogP contribution is -2.32. The number of pyridine rings is 1. The summed E-state index contributed by atoms with van der Waals surface area (Å²) < 4.78 is 40.9. The van der Waals surface area contributed by atoms with Crippen LogP contribution in [0, 0.1) is 13.8 Å². The van der Waals surface area contributed by atoms with Crippen LogP contribution >= 0.6 is 0 Å². The Hall–Kier alpha value is -3.36. The van der Waals surface area contributed by atoms with Crippen molar-refractivity contribution >= 4 is 5.91 Å². The normalized spacial score (nSPS) is 11.5. The smallest absolute Gasteiger partial charge is 0.350 e. The number of hydrogen-bond acceptors (Lipinski definition) is 3. The fourth-order valence-corrected chi connectivity index (χ4v) is 2.97. The number of carbonyl (C=O) groups excluding carboxylic acids is 1. The second kappa shape index (κ2) is 7.94. The molecule has 0 aliphatic heterocycles. The van der Waals surface area contributed by atoms with E-state index in [1.807, 2.05) is 44.2 Å². The summed E-state index contributed by atoms with van der Waals surface area (Å²) in [5.74, 6) is -0.572. The van der Waals surface area contributed by atoms with Gasteiger partial charge in [-0.1, -0.05) is 18.2 Å². The number of para-hydroxylation sites is 1. The highest BCUT2D eigenvalue weighted by Crippen LogP contribution is 2.28. The van der Waals surface area contributed by atoms with Gasteiger partial charge >= 0.3 is 6.18 Å². The van der Waals surface area contributed by atoms with Crippen LogP contribution in [0.2, 0.25) is 0 Å². The Morgan fingerprint density at radius 3 is 2.45 bits per heavy atom. The predicted molar refractivity (Wildman–Crippen MR) is 101 cm³/mol. The molecule has 152 valence electrons. The van der Waals surface area contributed by atoms with Gasteiger partial charge in [-0.2, -0.15) is 18.3 Å². The average molecular weight is 404 g/mol. The van der Waals surface area contributed by atoms with Gasteiger partial charge in [-0.25, -0.2) is 4.68 Å². The van der Waals surface area contributed by atoms with E-state index < -0.39 is 29.8 Å². The van der Waals surface area contributed by atoms with E-state index in [4.69, 9.17) is 0 Å². The van der Waals surface area contributed by atoms with Crippen LogP contribution in [0.15, 0.2) is 53.5 Å². The molecule has 2 heterocycles. The number of rotatable bonds is 5. The lowest BCUT2D eigenvalue weighted by Gasteiger charge is -2.11. The number of carbonyl (C=O) groups is 1. The van der Waals surface area contributed by atoms with Crippen molar-refractivity contribution in [2.24, 2.45) is 0 Å². The van der Waals surface area contributed by atoms with Crippen LogP contribution in [0.25, 0.3) is 5.69 Å². The summed E-state index contributed by atoms with van der Waals surface area (Å²) >= 11 is 0. The van der Waals surface area contributed by atoms with Crippen LogP contribution in [-0.2, 0) is 24.1 Å². The molecule has 6 nitrogen and oxygen atoms in total. The van der Waals surface area contributed by atoms with Crippen molar-refractivity contribution in [3.63, 3.8) is 0 Å². The Balaban J connectivity index is 1.72. The maximum atomic E-state index is 12.8. The van der Waals surface area contributed by atoms with Gasteiger partial charge in [0, 0.05) is 30.1 Å². The monoisotopic (exact) mass is 404 g/mol. The molecule has 0 saturated heterocycles. The fraction of sp³-hybridized carbons (Fsp3) is 0.250. The minimum Gasteiger partial charge on any atom is -0.350 e. The minimum atomic E-state index is -4.59. The van der Waals surface area contributed by atoms with Gasteiger partial charge in [0.1, 0.15) is 6.54 Å². The number of benzene rings is 1. The number of aromatic nitrogens is 3. The molecule has 1 amide bonds. The summed E-state index contributed by atoms with van der Waals surface area (Å²) in [7, 11) is 0. The number of hydrogen-bond donors (Lipinski definition) is 1. The third-order valence-electron chi connectivity index (χ3n) is 4.53. The lowest BCUT2D eigenvalue weighted by molar-refractivity contribution is -0.138. The van der Waals surface area contributed by atoms with Gasteiger partial charge in [-0.05, 0) is 32.0 Å². The van der Waals surface area contributed by atoms with Crippen LogP contribution < -0.4 is 10.9 Å². The third kappa shape index (κ3) is 4.56. The van der Waals surface area contributed by atoms with E-state index in [1.54, 1.807) is 4.68 Å². The van der Waals surface area contributed by atoms with Crippen LogP contribution in [0.4, 0.5) is 13.2 Å². The average Bonchev–Trinajstić information content (AvgIpc) is 2.95. The van der Waals surface area contributed by atoms with Gasteiger partial charge < -0.3 is 9.88 Å². The van der Waals surface area contributed by atoms with Crippen molar-refractivity contribution in [2.75, 3.05) is 0 Å². The van der Waals surface area contributed by atoms with E-state index in [9.17, 15) is 22.8 Å². The number of nitrogens with zero attached hydrogens (tertiary/aromatic N) is 3. The number of aryl methyl sites for hydroxylation is 1. The van der Waals surface area contributed by atoms with Crippen molar-refractivity contribution in [3.05, 3.63) is 81.5 Å². The molecule has 0 bridgehead atoms. The molecule has 0 saturated carbocycles. The second-order valence-electron chi connectivity index (χ2n) is 6.56. The molecule has 2 aromatic heterocycles. The van der Waals surface area contributed by atoms with Gasteiger partial charge in [0.05, 0.1) is 16.9 Å². The van der Waals surface area contributed by atoms with Crippen LogP contribution in [0.3, 0.4) is 0 Å². The molecule has 0 atom stereocenters. The molecule has 1 aromatic carbocycles. The molecule has 0 unspecified atom stereocenters. The van der Waals surface area contributed by atoms with E-state index in [0.717, 1.165) is 33.3 Å². The van der Waals surface area contributed by atoms with Crippen LogP contribution in [0.1, 0.15) is 22.5 Å².